The number of amides is 1. The molecule has 24 heavy (non-hydrogen) atoms. The zero-order valence-corrected chi connectivity index (χ0v) is 14.9. The number of halogens is 2. The molecule has 1 aromatic heterocycles. The van der Waals surface area contributed by atoms with Gasteiger partial charge < -0.3 is 10.2 Å². The van der Waals surface area contributed by atoms with Crippen LogP contribution in [0.15, 0.2) is 36.5 Å². The lowest BCUT2D eigenvalue weighted by molar-refractivity contribution is -0.120. The van der Waals surface area contributed by atoms with Crippen LogP contribution in [0.1, 0.15) is 18.4 Å². The maximum absolute atomic E-state index is 12.4. The molecule has 1 aromatic carbocycles. The fraction of sp³-hybridized carbons (Fsp3) is 0.333. The highest BCUT2D eigenvalue weighted by molar-refractivity contribution is 6.31. The van der Waals surface area contributed by atoms with E-state index in [1.54, 1.807) is 12.3 Å². The van der Waals surface area contributed by atoms with Crippen LogP contribution in [0.25, 0.3) is 0 Å². The molecule has 0 spiro atoms. The highest BCUT2D eigenvalue weighted by Crippen LogP contribution is 2.25. The van der Waals surface area contributed by atoms with Crippen LogP contribution in [0, 0.1) is 12.8 Å². The fourth-order valence-corrected chi connectivity index (χ4v) is 3.13. The minimum atomic E-state index is 0.00799. The number of anilines is 2. The van der Waals surface area contributed by atoms with Crippen molar-refractivity contribution in [1.82, 2.24) is 4.98 Å². The molecule has 0 bridgehead atoms. The lowest BCUT2D eigenvalue weighted by Crippen LogP contribution is -2.38. The Morgan fingerprint density at radius 2 is 1.96 bits per heavy atom. The van der Waals surface area contributed by atoms with E-state index in [9.17, 15) is 4.79 Å². The Hall–Kier alpha value is -1.78. The molecule has 4 nitrogen and oxygen atoms in total. The molecular formula is C18H19Cl2N3O. The first-order valence-corrected chi connectivity index (χ1v) is 8.72. The summed E-state index contributed by atoms with van der Waals surface area (Å²) in [5, 5.41) is 4.26. The summed E-state index contributed by atoms with van der Waals surface area (Å²) in [7, 11) is 0. The molecule has 1 N–H and O–H groups in total. The third-order valence-electron chi connectivity index (χ3n) is 4.34. The highest BCUT2D eigenvalue weighted by Gasteiger charge is 2.25. The third-order valence-corrected chi connectivity index (χ3v) is 4.97. The standard InChI is InChI=1S/C18H19Cl2N3O/c1-12-2-4-15(10-16(12)20)22-18(24)13-6-8-23(9-7-13)17-5-3-14(19)11-21-17/h2-5,10-11,13H,6-9H2,1H3,(H,22,24). The zero-order chi connectivity index (χ0) is 17.1. The Labute approximate surface area is 151 Å². The van der Waals surface area contributed by atoms with Gasteiger partial charge in [0.05, 0.1) is 5.02 Å². The molecule has 0 atom stereocenters. The summed E-state index contributed by atoms with van der Waals surface area (Å²) >= 11 is 12.0. The largest absolute Gasteiger partial charge is 0.357 e. The predicted molar refractivity (Wildman–Crippen MR) is 99.0 cm³/mol. The second-order valence-electron chi connectivity index (χ2n) is 6.05. The molecule has 3 rings (SSSR count). The van der Waals surface area contributed by atoms with E-state index < -0.39 is 0 Å². The van der Waals surface area contributed by atoms with Crippen LogP contribution in [0.4, 0.5) is 11.5 Å². The van der Waals surface area contributed by atoms with Crippen LogP contribution in [0.5, 0.6) is 0 Å². The van der Waals surface area contributed by atoms with Gasteiger partial charge in [-0.3, -0.25) is 4.79 Å². The minimum Gasteiger partial charge on any atom is -0.357 e. The number of carbonyl (C=O) groups excluding carboxylic acids is 1. The fourth-order valence-electron chi connectivity index (χ4n) is 2.84. The molecule has 0 saturated carbocycles. The first-order valence-electron chi connectivity index (χ1n) is 7.96. The topological polar surface area (TPSA) is 45.2 Å². The maximum atomic E-state index is 12.4. The number of carbonyl (C=O) groups is 1. The normalized spacial score (nSPS) is 15.4. The summed E-state index contributed by atoms with van der Waals surface area (Å²) < 4.78 is 0. The van der Waals surface area contributed by atoms with Crippen LogP contribution in [0.3, 0.4) is 0 Å². The van der Waals surface area contributed by atoms with Gasteiger partial charge in [-0.2, -0.15) is 0 Å². The summed E-state index contributed by atoms with van der Waals surface area (Å²) in [6, 6.07) is 9.33. The summed E-state index contributed by atoms with van der Waals surface area (Å²) in [5.74, 6) is 0.968. The van der Waals surface area contributed by atoms with E-state index in [4.69, 9.17) is 23.2 Å². The average Bonchev–Trinajstić information content (AvgIpc) is 2.59. The van der Waals surface area contributed by atoms with E-state index >= 15 is 0 Å². The van der Waals surface area contributed by atoms with Gasteiger partial charge in [-0.15, -0.1) is 0 Å². The second kappa shape index (κ2) is 7.41. The van der Waals surface area contributed by atoms with Crippen LogP contribution in [0.2, 0.25) is 10.0 Å². The molecule has 1 amide bonds. The number of piperidine rings is 1. The molecule has 1 aliphatic rings. The molecule has 126 valence electrons. The molecule has 0 unspecified atom stereocenters. The van der Waals surface area contributed by atoms with Gasteiger partial charge in [0.1, 0.15) is 5.82 Å². The lowest BCUT2D eigenvalue weighted by atomic mass is 9.95. The van der Waals surface area contributed by atoms with Gasteiger partial charge in [0, 0.05) is 35.9 Å². The number of aromatic nitrogens is 1. The van der Waals surface area contributed by atoms with E-state index in [0.29, 0.717) is 10.0 Å². The Morgan fingerprint density at radius 3 is 2.58 bits per heavy atom. The smallest absolute Gasteiger partial charge is 0.227 e. The van der Waals surface area contributed by atoms with Crippen LogP contribution in [-0.2, 0) is 4.79 Å². The molecular weight excluding hydrogens is 345 g/mol. The quantitative estimate of drug-likeness (QED) is 0.869. The SMILES string of the molecule is Cc1ccc(NC(=O)C2CCN(c3ccc(Cl)cn3)CC2)cc1Cl. The summed E-state index contributed by atoms with van der Waals surface area (Å²) in [4.78, 5) is 19.0. The van der Waals surface area contributed by atoms with Crippen molar-refractivity contribution in [3.8, 4) is 0 Å². The molecule has 0 radical (unpaired) electrons. The van der Waals surface area contributed by atoms with E-state index in [-0.39, 0.29) is 11.8 Å². The van der Waals surface area contributed by atoms with Gasteiger partial charge in [-0.05, 0) is 49.6 Å². The lowest BCUT2D eigenvalue weighted by Gasteiger charge is -2.32. The molecule has 6 heteroatoms. The van der Waals surface area contributed by atoms with Crippen LogP contribution < -0.4 is 10.2 Å². The van der Waals surface area contributed by atoms with E-state index in [1.165, 1.54) is 0 Å². The molecule has 1 aliphatic heterocycles. The van der Waals surface area contributed by atoms with Crippen molar-refractivity contribution in [3.63, 3.8) is 0 Å². The maximum Gasteiger partial charge on any atom is 0.227 e. The van der Waals surface area contributed by atoms with Crippen molar-refractivity contribution in [2.24, 2.45) is 5.92 Å². The van der Waals surface area contributed by atoms with E-state index in [0.717, 1.165) is 43.0 Å². The van der Waals surface area contributed by atoms with Gasteiger partial charge in [0.2, 0.25) is 5.91 Å². The first kappa shape index (κ1) is 17.1. The number of nitrogens with zero attached hydrogens (tertiary/aromatic N) is 2. The Morgan fingerprint density at radius 1 is 1.21 bits per heavy atom. The number of nitrogens with one attached hydrogen (secondary N) is 1. The molecule has 1 saturated heterocycles. The Bertz CT molecular complexity index is 726. The van der Waals surface area contributed by atoms with Crippen molar-refractivity contribution in [3.05, 3.63) is 52.1 Å². The molecule has 1 fully saturated rings. The van der Waals surface area contributed by atoms with Gasteiger partial charge in [-0.1, -0.05) is 29.3 Å². The van der Waals surface area contributed by atoms with Gasteiger partial charge in [-0.25, -0.2) is 4.98 Å². The van der Waals surface area contributed by atoms with Crippen molar-refractivity contribution < 1.29 is 4.79 Å². The Balaban J connectivity index is 1.56. The summed E-state index contributed by atoms with van der Waals surface area (Å²) in [6.07, 6.45) is 3.25. The van der Waals surface area contributed by atoms with E-state index in [2.05, 4.69) is 15.2 Å². The molecule has 0 aliphatic carbocycles. The second-order valence-corrected chi connectivity index (χ2v) is 6.89. The van der Waals surface area contributed by atoms with Gasteiger partial charge in [0.25, 0.3) is 0 Å². The van der Waals surface area contributed by atoms with Crippen molar-refractivity contribution in [1.29, 1.82) is 0 Å². The average molecular weight is 364 g/mol. The minimum absolute atomic E-state index is 0.00799. The predicted octanol–water partition coefficient (Wildman–Crippen LogP) is 4.55. The highest BCUT2D eigenvalue weighted by atomic mass is 35.5. The van der Waals surface area contributed by atoms with Crippen molar-refractivity contribution in [2.45, 2.75) is 19.8 Å². The summed E-state index contributed by atoms with van der Waals surface area (Å²) in [5.41, 5.74) is 1.75. The molecule has 2 aromatic rings. The third kappa shape index (κ3) is 4.00. The number of pyridine rings is 1. The van der Waals surface area contributed by atoms with Gasteiger partial charge >= 0.3 is 0 Å². The van der Waals surface area contributed by atoms with E-state index in [1.807, 2.05) is 31.2 Å². The van der Waals surface area contributed by atoms with Crippen LogP contribution >= 0.6 is 23.2 Å². The van der Waals surface area contributed by atoms with Crippen LogP contribution in [-0.4, -0.2) is 24.0 Å². The number of aryl methyl sites for hydroxylation is 1. The number of benzene rings is 1. The van der Waals surface area contributed by atoms with Crippen molar-refractivity contribution >= 4 is 40.6 Å². The van der Waals surface area contributed by atoms with Crippen molar-refractivity contribution in [2.75, 3.05) is 23.3 Å². The Kier molecular flexibility index (Phi) is 5.27. The zero-order valence-electron chi connectivity index (χ0n) is 13.4. The first-order chi connectivity index (χ1) is 11.5. The van der Waals surface area contributed by atoms with Gasteiger partial charge in [0.15, 0.2) is 0 Å². The monoisotopic (exact) mass is 363 g/mol. The number of hydrogen-bond donors (Lipinski definition) is 1. The number of rotatable bonds is 3. The summed E-state index contributed by atoms with van der Waals surface area (Å²) in [6.45, 7) is 3.55. The number of hydrogen-bond acceptors (Lipinski definition) is 3. The molecule has 2 heterocycles.